The fourth-order valence-corrected chi connectivity index (χ4v) is 3.04. The Morgan fingerprint density at radius 3 is 2.50 bits per heavy atom. The van der Waals surface area contributed by atoms with Crippen molar-refractivity contribution < 1.29 is 8.83 Å². The average molecular weight is 436 g/mol. The van der Waals surface area contributed by atoms with Gasteiger partial charge in [-0.1, -0.05) is 18.2 Å². The molecule has 4 aromatic rings. The summed E-state index contributed by atoms with van der Waals surface area (Å²) in [5, 5.41) is 0.340. The van der Waals surface area contributed by atoms with Gasteiger partial charge in [-0.2, -0.15) is 0 Å². The van der Waals surface area contributed by atoms with Crippen LogP contribution in [0.1, 0.15) is 5.56 Å². The molecule has 0 fully saturated rings. The summed E-state index contributed by atoms with van der Waals surface area (Å²) >= 11 is 1.83. The number of rotatable bonds is 2. The summed E-state index contributed by atoms with van der Waals surface area (Å²) in [6.45, 7) is 0.0396. The van der Waals surface area contributed by atoms with Crippen LogP contribution in [0.25, 0.3) is 22.1 Å². The highest BCUT2D eigenvalue weighted by molar-refractivity contribution is 14.1. The molecule has 4 rings (SSSR count). The van der Waals surface area contributed by atoms with Gasteiger partial charge < -0.3 is 8.83 Å². The monoisotopic (exact) mass is 436 g/mol. The number of hydrogen-bond donors (Lipinski definition) is 0. The van der Waals surface area contributed by atoms with E-state index in [1.807, 2.05) is 22.9 Å². The van der Waals surface area contributed by atoms with Gasteiger partial charge in [0.05, 0.1) is 34.8 Å². The number of para-hydroxylation sites is 1. The van der Waals surface area contributed by atoms with E-state index in [0.29, 0.717) is 22.0 Å². The van der Waals surface area contributed by atoms with Crippen LogP contribution in [0, 0.1) is 0 Å². The number of aromatic nitrogens is 2. The normalized spacial score (nSPS) is 11.4. The number of fused-ring (bicyclic) bond motifs is 2. The van der Waals surface area contributed by atoms with E-state index in [4.69, 9.17) is 8.83 Å². The first-order valence-electron chi connectivity index (χ1n) is 6.98. The Hall–Kier alpha value is -2.62. The molecule has 0 unspecified atom stereocenters. The van der Waals surface area contributed by atoms with E-state index in [0.717, 1.165) is 4.57 Å². The maximum Gasteiger partial charge on any atom is 0.429 e. The van der Waals surface area contributed by atoms with Gasteiger partial charge in [-0.15, -0.1) is 0 Å². The number of benzene rings is 2. The smallest absolute Gasteiger partial charge is 0.409 e. The first-order valence-corrected chi connectivity index (χ1v) is 7.94. The van der Waals surface area contributed by atoms with E-state index in [9.17, 15) is 14.4 Å². The van der Waals surface area contributed by atoms with E-state index >= 15 is 0 Å². The summed E-state index contributed by atoms with van der Waals surface area (Å²) in [6, 6.07) is 11.6. The van der Waals surface area contributed by atoms with Crippen molar-refractivity contribution in [2.75, 3.05) is 0 Å². The largest absolute Gasteiger partial charge is 0.429 e. The topological polar surface area (TPSA) is 87.3 Å². The Morgan fingerprint density at radius 2 is 1.67 bits per heavy atom. The molecule has 0 saturated carbocycles. The fraction of sp³-hybridized carbons (Fsp3) is 0.0625. The predicted octanol–water partition coefficient (Wildman–Crippen LogP) is 2.11. The van der Waals surface area contributed by atoms with Crippen molar-refractivity contribution in [1.82, 2.24) is 7.35 Å². The van der Waals surface area contributed by atoms with Crippen LogP contribution in [0.4, 0.5) is 0 Å². The highest BCUT2D eigenvalue weighted by atomic mass is 127. The number of nitrogens with zero attached hydrogens (tertiary/aromatic N) is 2. The Balaban J connectivity index is 1.88. The van der Waals surface area contributed by atoms with E-state index in [1.54, 1.807) is 42.5 Å². The molecule has 8 heteroatoms. The minimum Gasteiger partial charge on any atom is -0.409 e. The lowest BCUT2D eigenvalue weighted by Crippen LogP contribution is -2.32. The summed E-state index contributed by atoms with van der Waals surface area (Å²) < 4.78 is 12.6. The van der Waals surface area contributed by atoms with Crippen LogP contribution in [0.2, 0.25) is 0 Å². The molecular formula is C16H9IN2O5. The Labute approximate surface area is 147 Å². The molecule has 0 amide bonds. The van der Waals surface area contributed by atoms with Gasteiger partial charge in [0.15, 0.2) is 5.58 Å². The predicted molar refractivity (Wildman–Crippen MR) is 95.7 cm³/mol. The Bertz CT molecular complexity index is 1260. The van der Waals surface area contributed by atoms with Crippen molar-refractivity contribution in [3.05, 3.63) is 79.5 Å². The summed E-state index contributed by atoms with van der Waals surface area (Å²) in [6.07, 6.45) is 0. The maximum atomic E-state index is 12.5. The quantitative estimate of drug-likeness (QED) is 0.450. The zero-order valence-electron chi connectivity index (χ0n) is 12.1. The SMILES string of the molecule is O=c1oc2ccccc2c(=O)n1Cc1ccc2oc(=O)n(I)c2c1. The lowest BCUT2D eigenvalue weighted by Gasteiger charge is -2.05. The molecule has 0 atom stereocenters. The molecule has 24 heavy (non-hydrogen) atoms. The van der Waals surface area contributed by atoms with Crippen molar-refractivity contribution in [3.63, 3.8) is 0 Å². The van der Waals surface area contributed by atoms with Crippen LogP contribution < -0.4 is 17.1 Å². The van der Waals surface area contributed by atoms with Crippen LogP contribution in [-0.2, 0) is 6.54 Å². The third kappa shape index (κ3) is 2.30. The fourth-order valence-electron chi connectivity index (χ4n) is 2.56. The van der Waals surface area contributed by atoms with Gasteiger partial charge in [-0.05, 0) is 29.8 Å². The van der Waals surface area contributed by atoms with E-state index in [1.165, 1.54) is 2.78 Å². The van der Waals surface area contributed by atoms with Gasteiger partial charge in [-0.25, -0.2) is 16.9 Å². The van der Waals surface area contributed by atoms with Crippen LogP contribution in [0.15, 0.2) is 65.7 Å². The van der Waals surface area contributed by atoms with Crippen molar-refractivity contribution in [2.24, 2.45) is 0 Å². The van der Waals surface area contributed by atoms with E-state index in [2.05, 4.69) is 0 Å². The maximum absolute atomic E-state index is 12.5. The number of oxazole rings is 1. The van der Waals surface area contributed by atoms with Gasteiger partial charge in [0.2, 0.25) is 0 Å². The van der Waals surface area contributed by atoms with Gasteiger partial charge in [-0.3, -0.25) is 4.79 Å². The second-order valence-electron chi connectivity index (χ2n) is 5.21. The second-order valence-corrected chi connectivity index (χ2v) is 6.17. The molecule has 0 N–H and O–H groups in total. The Kier molecular flexibility index (Phi) is 3.41. The average Bonchev–Trinajstić information content (AvgIpc) is 2.86. The summed E-state index contributed by atoms with van der Waals surface area (Å²) in [7, 11) is 0. The molecule has 0 aliphatic carbocycles. The molecule has 0 spiro atoms. The molecule has 0 aliphatic rings. The summed E-state index contributed by atoms with van der Waals surface area (Å²) in [5.41, 5.74) is 1.54. The van der Waals surface area contributed by atoms with Crippen molar-refractivity contribution in [1.29, 1.82) is 0 Å². The second kappa shape index (κ2) is 5.48. The lowest BCUT2D eigenvalue weighted by molar-refractivity contribution is 0.471. The number of hydrogen-bond acceptors (Lipinski definition) is 5. The van der Waals surface area contributed by atoms with E-state index < -0.39 is 17.1 Å². The van der Waals surface area contributed by atoms with Crippen molar-refractivity contribution in [3.8, 4) is 0 Å². The van der Waals surface area contributed by atoms with Gasteiger partial charge >= 0.3 is 11.5 Å². The molecule has 0 aliphatic heterocycles. The molecule has 0 bridgehead atoms. The first-order chi connectivity index (χ1) is 11.5. The summed E-state index contributed by atoms with van der Waals surface area (Å²) in [4.78, 5) is 36.2. The van der Waals surface area contributed by atoms with Gasteiger partial charge in [0, 0.05) is 0 Å². The Morgan fingerprint density at radius 1 is 0.917 bits per heavy atom. The van der Waals surface area contributed by atoms with Crippen LogP contribution in [0.5, 0.6) is 0 Å². The lowest BCUT2D eigenvalue weighted by atomic mass is 10.2. The molecule has 2 heterocycles. The highest BCUT2D eigenvalue weighted by Crippen LogP contribution is 2.17. The van der Waals surface area contributed by atoms with Crippen LogP contribution in [0.3, 0.4) is 0 Å². The first kappa shape index (κ1) is 14.9. The van der Waals surface area contributed by atoms with Crippen LogP contribution in [-0.4, -0.2) is 7.35 Å². The molecule has 2 aromatic heterocycles. The third-order valence-electron chi connectivity index (χ3n) is 3.71. The van der Waals surface area contributed by atoms with Crippen molar-refractivity contribution in [2.45, 2.75) is 6.54 Å². The summed E-state index contributed by atoms with van der Waals surface area (Å²) in [5.74, 6) is -1.21. The highest BCUT2D eigenvalue weighted by Gasteiger charge is 2.12. The minimum atomic E-state index is -0.724. The minimum absolute atomic E-state index is 0.0396. The third-order valence-corrected chi connectivity index (χ3v) is 4.63. The standard InChI is InChI=1S/C16H9IN2O5/c17-19-11-7-9(5-6-13(11)24-16(19)22)8-18-14(20)10-3-1-2-4-12(10)23-15(18)21/h1-7H,8H2. The molecule has 2 aromatic carbocycles. The van der Waals surface area contributed by atoms with Crippen molar-refractivity contribution >= 4 is 44.9 Å². The van der Waals surface area contributed by atoms with Gasteiger partial charge in [0.25, 0.3) is 5.56 Å². The molecule has 0 radical (unpaired) electrons. The molecule has 0 saturated heterocycles. The molecular weight excluding hydrogens is 427 g/mol. The molecule has 120 valence electrons. The zero-order valence-corrected chi connectivity index (χ0v) is 14.2. The van der Waals surface area contributed by atoms with Crippen LogP contribution >= 0.6 is 22.9 Å². The van der Waals surface area contributed by atoms with E-state index in [-0.39, 0.29) is 12.1 Å². The number of halogens is 1. The molecule has 7 nitrogen and oxygen atoms in total. The zero-order chi connectivity index (χ0) is 16.8. The van der Waals surface area contributed by atoms with Gasteiger partial charge in [0.1, 0.15) is 11.1 Å².